The lowest BCUT2D eigenvalue weighted by atomic mass is 10.1. The van der Waals surface area contributed by atoms with Crippen molar-refractivity contribution >= 4 is 17.5 Å². The highest BCUT2D eigenvalue weighted by Gasteiger charge is 2.18. The van der Waals surface area contributed by atoms with Gasteiger partial charge in [-0.3, -0.25) is 4.79 Å². The molecule has 23 heavy (non-hydrogen) atoms. The van der Waals surface area contributed by atoms with Crippen molar-refractivity contribution in [3.8, 4) is 5.75 Å². The molecule has 2 aromatic rings. The Balaban J connectivity index is 1.98. The van der Waals surface area contributed by atoms with Gasteiger partial charge in [-0.15, -0.1) is 0 Å². The van der Waals surface area contributed by atoms with E-state index in [0.29, 0.717) is 16.3 Å². The van der Waals surface area contributed by atoms with Crippen LogP contribution in [-0.2, 0) is 11.4 Å². The van der Waals surface area contributed by atoms with Crippen molar-refractivity contribution in [2.45, 2.75) is 19.6 Å². The second kappa shape index (κ2) is 7.99. The monoisotopic (exact) mass is 333 g/mol. The first kappa shape index (κ1) is 17.3. The highest BCUT2D eigenvalue weighted by atomic mass is 35.5. The molecule has 5 heteroatoms. The number of rotatable bonds is 6. The number of carbonyl (C=O) groups is 1. The van der Waals surface area contributed by atoms with Crippen molar-refractivity contribution in [2.75, 3.05) is 13.7 Å². The van der Waals surface area contributed by atoms with E-state index in [1.165, 1.54) is 0 Å². The topological polar surface area (TPSA) is 49.8 Å². The molecule has 0 aromatic heterocycles. The first-order valence-corrected chi connectivity index (χ1v) is 7.73. The number of carbonyl (C=O) groups excluding carboxylic acids is 1. The fraction of sp³-hybridized carbons (Fsp3) is 0.278. The molecule has 2 aromatic carbocycles. The third kappa shape index (κ3) is 4.47. The molecule has 0 aliphatic heterocycles. The summed E-state index contributed by atoms with van der Waals surface area (Å²) in [4.78, 5) is 13.9. The summed E-state index contributed by atoms with van der Waals surface area (Å²) in [6.07, 6.45) is 0. The summed E-state index contributed by atoms with van der Waals surface area (Å²) < 4.78 is 5.54. The lowest BCUT2D eigenvalue weighted by Crippen LogP contribution is -2.33. The lowest BCUT2D eigenvalue weighted by Gasteiger charge is -2.25. The molecule has 122 valence electrons. The number of hydrogen-bond donors (Lipinski definition) is 1. The maximum Gasteiger partial charge on any atom is 0.260 e. The Labute approximate surface area is 141 Å². The van der Waals surface area contributed by atoms with Gasteiger partial charge in [0.1, 0.15) is 5.75 Å². The Hall–Kier alpha value is -2.04. The van der Waals surface area contributed by atoms with Crippen LogP contribution in [0.25, 0.3) is 0 Å². The summed E-state index contributed by atoms with van der Waals surface area (Å²) in [6, 6.07) is 14.4. The molecule has 0 heterocycles. The summed E-state index contributed by atoms with van der Waals surface area (Å²) in [5.74, 6) is 0.385. The van der Waals surface area contributed by atoms with Crippen molar-refractivity contribution in [3.63, 3.8) is 0 Å². The summed E-state index contributed by atoms with van der Waals surface area (Å²) in [7, 11) is 1.74. The van der Waals surface area contributed by atoms with Crippen LogP contribution < -0.4 is 4.74 Å². The lowest BCUT2D eigenvalue weighted by molar-refractivity contribution is -0.134. The number of aliphatic hydroxyl groups is 1. The van der Waals surface area contributed by atoms with Crippen LogP contribution in [0.4, 0.5) is 0 Å². The van der Waals surface area contributed by atoms with E-state index < -0.39 is 0 Å². The van der Waals surface area contributed by atoms with Gasteiger partial charge >= 0.3 is 0 Å². The van der Waals surface area contributed by atoms with Crippen LogP contribution in [0.5, 0.6) is 5.75 Å². The predicted molar refractivity (Wildman–Crippen MR) is 90.5 cm³/mol. The van der Waals surface area contributed by atoms with Gasteiger partial charge in [-0.1, -0.05) is 41.9 Å². The molecule has 0 radical (unpaired) electrons. The highest BCUT2D eigenvalue weighted by Crippen LogP contribution is 2.22. The second-order valence-electron chi connectivity index (χ2n) is 5.29. The van der Waals surface area contributed by atoms with Gasteiger partial charge in [0.05, 0.1) is 12.6 Å². The van der Waals surface area contributed by atoms with Crippen molar-refractivity contribution in [2.24, 2.45) is 0 Å². The van der Waals surface area contributed by atoms with E-state index >= 15 is 0 Å². The minimum Gasteiger partial charge on any atom is -0.483 e. The van der Waals surface area contributed by atoms with E-state index in [1.54, 1.807) is 42.3 Å². The molecule has 1 atom stereocenters. The number of nitrogens with zero attached hydrogens (tertiary/aromatic N) is 1. The van der Waals surface area contributed by atoms with Gasteiger partial charge < -0.3 is 14.7 Å². The average Bonchev–Trinajstić information content (AvgIpc) is 2.59. The minimum atomic E-state index is -0.139. The Morgan fingerprint density at radius 3 is 2.52 bits per heavy atom. The Bertz CT molecular complexity index is 658. The summed E-state index contributed by atoms with van der Waals surface area (Å²) in [6.45, 7) is 1.75. The number of halogens is 1. The maximum atomic E-state index is 12.3. The van der Waals surface area contributed by atoms with Crippen molar-refractivity contribution in [3.05, 3.63) is 64.7 Å². The molecule has 0 aliphatic rings. The molecule has 2 rings (SSSR count). The summed E-state index contributed by atoms with van der Waals surface area (Å²) in [5.41, 5.74) is 1.66. The van der Waals surface area contributed by atoms with Crippen molar-refractivity contribution < 1.29 is 14.6 Å². The van der Waals surface area contributed by atoms with Crippen LogP contribution in [0, 0.1) is 0 Å². The van der Waals surface area contributed by atoms with E-state index in [4.69, 9.17) is 16.3 Å². The molecule has 1 amide bonds. The number of amides is 1. The largest absolute Gasteiger partial charge is 0.483 e. The number of ether oxygens (including phenoxy) is 1. The number of aliphatic hydroxyl groups excluding tert-OH is 1. The van der Waals surface area contributed by atoms with Gasteiger partial charge in [-0.2, -0.15) is 0 Å². The van der Waals surface area contributed by atoms with Gasteiger partial charge in [0.25, 0.3) is 5.91 Å². The number of hydrogen-bond acceptors (Lipinski definition) is 3. The fourth-order valence-corrected chi connectivity index (χ4v) is 2.32. The summed E-state index contributed by atoms with van der Waals surface area (Å²) in [5, 5.41) is 9.93. The SMILES string of the molecule is CC(c1ccc(Cl)cc1)N(C)C(=O)COc1ccccc1CO. The van der Waals surface area contributed by atoms with Crippen LogP contribution >= 0.6 is 11.6 Å². The molecule has 4 nitrogen and oxygen atoms in total. The van der Waals surface area contributed by atoms with Crippen LogP contribution in [-0.4, -0.2) is 29.6 Å². The van der Waals surface area contributed by atoms with E-state index in [-0.39, 0.29) is 25.2 Å². The maximum absolute atomic E-state index is 12.3. The summed E-state index contributed by atoms with van der Waals surface area (Å²) >= 11 is 5.88. The molecule has 1 unspecified atom stereocenters. The number of likely N-dealkylation sites (N-methyl/N-ethyl adjacent to an activating group) is 1. The quantitative estimate of drug-likeness (QED) is 0.881. The van der Waals surface area contributed by atoms with Crippen LogP contribution in [0.15, 0.2) is 48.5 Å². The number of benzene rings is 2. The van der Waals surface area contributed by atoms with Crippen LogP contribution in [0.2, 0.25) is 5.02 Å². The third-order valence-electron chi connectivity index (χ3n) is 3.82. The highest BCUT2D eigenvalue weighted by molar-refractivity contribution is 6.30. The zero-order chi connectivity index (χ0) is 16.8. The molecule has 1 N–H and O–H groups in total. The first-order chi connectivity index (χ1) is 11.0. The first-order valence-electron chi connectivity index (χ1n) is 7.35. The minimum absolute atomic E-state index is 0.0779. The van der Waals surface area contributed by atoms with Crippen molar-refractivity contribution in [1.29, 1.82) is 0 Å². The van der Waals surface area contributed by atoms with Gasteiger partial charge in [-0.25, -0.2) is 0 Å². The van der Waals surface area contributed by atoms with Gasteiger partial charge in [0.2, 0.25) is 0 Å². The smallest absolute Gasteiger partial charge is 0.260 e. The molecule has 0 bridgehead atoms. The zero-order valence-electron chi connectivity index (χ0n) is 13.2. The fourth-order valence-electron chi connectivity index (χ4n) is 2.20. The van der Waals surface area contributed by atoms with Gasteiger partial charge in [-0.05, 0) is 30.7 Å². The van der Waals surface area contributed by atoms with E-state index in [0.717, 1.165) is 5.56 Å². The number of para-hydroxylation sites is 1. The predicted octanol–water partition coefficient (Wildman–Crippen LogP) is 3.43. The standard InChI is InChI=1S/C18H20ClNO3/c1-13(14-7-9-16(19)10-8-14)20(2)18(22)12-23-17-6-4-3-5-15(17)11-21/h3-10,13,21H,11-12H2,1-2H3. The molecular formula is C18H20ClNO3. The Morgan fingerprint density at radius 2 is 1.87 bits per heavy atom. The Morgan fingerprint density at radius 1 is 1.22 bits per heavy atom. The molecule has 0 saturated heterocycles. The normalized spacial score (nSPS) is 11.8. The molecule has 0 aliphatic carbocycles. The average molecular weight is 334 g/mol. The zero-order valence-corrected chi connectivity index (χ0v) is 14.0. The molecule has 0 fully saturated rings. The Kier molecular flexibility index (Phi) is 6.02. The molecule has 0 spiro atoms. The van der Waals surface area contributed by atoms with Crippen molar-refractivity contribution in [1.82, 2.24) is 4.90 Å². The van der Waals surface area contributed by atoms with E-state index in [1.807, 2.05) is 25.1 Å². The van der Waals surface area contributed by atoms with Gasteiger partial charge in [0.15, 0.2) is 6.61 Å². The molecular weight excluding hydrogens is 314 g/mol. The van der Waals surface area contributed by atoms with E-state index in [9.17, 15) is 9.90 Å². The van der Waals surface area contributed by atoms with Crippen LogP contribution in [0.1, 0.15) is 24.1 Å². The third-order valence-corrected chi connectivity index (χ3v) is 4.07. The van der Waals surface area contributed by atoms with E-state index in [2.05, 4.69) is 0 Å². The second-order valence-corrected chi connectivity index (χ2v) is 5.72. The molecule has 0 saturated carbocycles. The van der Waals surface area contributed by atoms with Crippen LogP contribution in [0.3, 0.4) is 0 Å². The van der Waals surface area contributed by atoms with Gasteiger partial charge in [0, 0.05) is 17.6 Å².